The normalized spacial score (nSPS) is 13.2. The van der Waals surface area contributed by atoms with Gasteiger partial charge >= 0.3 is 5.97 Å². The molecule has 0 heterocycles. The van der Waals surface area contributed by atoms with Gasteiger partial charge in [0.15, 0.2) is 5.54 Å². The number of carboxylic acids is 1. The van der Waals surface area contributed by atoms with E-state index in [0.717, 1.165) is 6.08 Å². The number of hydrogen-bond donors (Lipinski definition) is 5. The summed E-state index contributed by atoms with van der Waals surface area (Å²) in [5.74, 6) is -2.57. The summed E-state index contributed by atoms with van der Waals surface area (Å²) in [6.07, 6.45) is 1.05. The number of aldehydes is 1. The van der Waals surface area contributed by atoms with Crippen LogP contribution in [0.5, 0.6) is 0 Å². The van der Waals surface area contributed by atoms with Gasteiger partial charge in [-0.15, -0.1) is 0 Å². The number of amidine groups is 1. The second-order valence-electron chi connectivity index (χ2n) is 6.10. The van der Waals surface area contributed by atoms with Gasteiger partial charge in [0.05, 0.1) is 5.70 Å². The number of ketones is 1. The Labute approximate surface area is 161 Å². The third-order valence-corrected chi connectivity index (χ3v) is 4.07. The molecule has 0 aliphatic rings. The predicted octanol–water partition coefficient (Wildman–Crippen LogP) is 1.06. The van der Waals surface area contributed by atoms with E-state index in [1.165, 1.54) is 0 Å². The third kappa shape index (κ3) is 4.68. The summed E-state index contributed by atoms with van der Waals surface area (Å²) < 4.78 is 0. The van der Waals surface area contributed by atoms with Gasteiger partial charge in [-0.25, -0.2) is 4.79 Å². The van der Waals surface area contributed by atoms with Crippen LogP contribution in [0.25, 0.3) is 0 Å². The average molecular weight is 380 g/mol. The zero-order valence-electron chi connectivity index (χ0n) is 14.9. The molecular formula is C20H20N4O4. The number of nitrogens with two attached hydrogens (primary N) is 2. The molecule has 8 heteroatoms. The second-order valence-corrected chi connectivity index (χ2v) is 6.10. The number of nitrogen functional groups attached to an aromatic ring is 1. The van der Waals surface area contributed by atoms with Crippen molar-refractivity contribution in [1.82, 2.24) is 0 Å². The molecule has 0 bridgehead atoms. The lowest BCUT2D eigenvalue weighted by Crippen LogP contribution is -2.57. The molecule has 144 valence electrons. The smallest absolute Gasteiger partial charge is 0.332 e. The Morgan fingerprint density at radius 2 is 1.71 bits per heavy atom. The number of rotatable bonds is 9. The number of Topliss-reactive ketones (excluding diaryl/α,β-unsaturated/α-hetero) is 1. The summed E-state index contributed by atoms with van der Waals surface area (Å²) in [6, 6.07) is 14.7. The molecule has 0 saturated carbocycles. The fraction of sp³-hybridized carbons (Fsp3) is 0.100. The summed E-state index contributed by atoms with van der Waals surface area (Å²) >= 11 is 0. The minimum Gasteiger partial charge on any atom is -0.480 e. The topological polar surface area (TPSA) is 159 Å². The fourth-order valence-electron chi connectivity index (χ4n) is 2.54. The molecule has 8 nitrogen and oxygen atoms in total. The van der Waals surface area contributed by atoms with E-state index in [2.05, 4.69) is 5.32 Å². The standard InChI is InChI=1S/C20H20N4O4/c21-18(22)14-6-8-15(9-7-14)24-16(10-11-25)17(26)20(23,19(27)28)12-13-4-2-1-3-5-13/h1-11,24H,12,23H2,(H3,21,22)(H,27,28)/b16-10-. The third-order valence-electron chi connectivity index (χ3n) is 4.07. The lowest BCUT2D eigenvalue weighted by Gasteiger charge is -2.25. The van der Waals surface area contributed by atoms with Crippen LogP contribution in [0.1, 0.15) is 11.1 Å². The van der Waals surface area contributed by atoms with Crippen molar-refractivity contribution in [2.24, 2.45) is 11.5 Å². The lowest BCUT2D eigenvalue weighted by atomic mass is 9.86. The monoisotopic (exact) mass is 380 g/mol. The molecule has 0 aliphatic heterocycles. The first-order valence-electron chi connectivity index (χ1n) is 8.26. The summed E-state index contributed by atoms with van der Waals surface area (Å²) in [4.78, 5) is 35.8. The van der Waals surface area contributed by atoms with E-state index >= 15 is 0 Å². The molecule has 0 fully saturated rings. The highest BCUT2D eigenvalue weighted by atomic mass is 16.4. The van der Waals surface area contributed by atoms with Gasteiger partial charge in [0, 0.05) is 23.7 Å². The Morgan fingerprint density at radius 1 is 1.11 bits per heavy atom. The van der Waals surface area contributed by atoms with Gasteiger partial charge in [0.2, 0.25) is 5.78 Å². The SMILES string of the molecule is N=C(N)c1ccc(N/C(=C\C=O)C(=O)C(N)(Cc2ccccc2)C(=O)O)cc1. The van der Waals surface area contributed by atoms with Gasteiger partial charge < -0.3 is 21.9 Å². The van der Waals surface area contributed by atoms with Crippen LogP contribution in [0.4, 0.5) is 5.69 Å². The van der Waals surface area contributed by atoms with Gasteiger partial charge in [0.1, 0.15) is 12.1 Å². The molecule has 2 aromatic rings. The molecule has 0 saturated heterocycles. The number of carbonyl (C=O) groups is 3. The Kier molecular flexibility index (Phi) is 6.41. The zero-order chi connectivity index (χ0) is 20.7. The first kappa shape index (κ1) is 20.5. The van der Waals surface area contributed by atoms with Crippen molar-refractivity contribution in [3.05, 3.63) is 77.5 Å². The van der Waals surface area contributed by atoms with Crippen LogP contribution in [0.3, 0.4) is 0 Å². The van der Waals surface area contributed by atoms with Crippen LogP contribution >= 0.6 is 0 Å². The predicted molar refractivity (Wildman–Crippen MR) is 105 cm³/mol. The van der Waals surface area contributed by atoms with E-state index in [1.54, 1.807) is 54.6 Å². The maximum Gasteiger partial charge on any atom is 0.332 e. The lowest BCUT2D eigenvalue weighted by molar-refractivity contribution is -0.147. The van der Waals surface area contributed by atoms with Gasteiger partial charge in [-0.2, -0.15) is 0 Å². The summed E-state index contributed by atoms with van der Waals surface area (Å²) in [5, 5.41) is 19.7. The van der Waals surface area contributed by atoms with Crippen molar-refractivity contribution in [1.29, 1.82) is 5.41 Å². The molecule has 7 N–H and O–H groups in total. The number of hydrogen-bond acceptors (Lipinski definition) is 6. The quantitative estimate of drug-likeness (QED) is 0.143. The van der Waals surface area contributed by atoms with Crippen LogP contribution in [-0.4, -0.2) is 34.5 Å². The Morgan fingerprint density at radius 3 is 2.21 bits per heavy atom. The second kappa shape index (κ2) is 8.74. The molecule has 1 unspecified atom stereocenters. The van der Waals surface area contributed by atoms with Gasteiger partial charge in [-0.3, -0.25) is 15.0 Å². The van der Waals surface area contributed by atoms with E-state index in [1.807, 2.05) is 0 Å². The highest BCUT2D eigenvalue weighted by Crippen LogP contribution is 2.19. The average Bonchev–Trinajstić information content (AvgIpc) is 2.68. The van der Waals surface area contributed by atoms with Crippen LogP contribution < -0.4 is 16.8 Å². The molecule has 1 atom stereocenters. The van der Waals surface area contributed by atoms with E-state index < -0.39 is 17.3 Å². The molecule has 0 spiro atoms. The van der Waals surface area contributed by atoms with Crippen molar-refractivity contribution in [3.63, 3.8) is 0 Å². The molecule has 0 aliphatic carbocycles. The molecule has 2 rings (SSSR count). The minimum atomic E-state index is -2.26. The van der Waals surface area contributed by atoms with Crippen LogP contribution in [-0.2, 0) is 20.8 Å². The van der Waals surface area contributed by atoms with Gasteiger partial charge in [0.25, 0.3) is 0 Å². The van der Waals surface area contributed by atoms with E-state index in [-0.39, 0.29) is 18.0 Å². The Bertz CT molecular complexity index is 923. The van der Waals surface area contributed by atoms with Crippen molar-refractivity contribution in [3.8, 4) is 0 Å². The summed E-state index contributed by atoms with van der Waals surface area (Å²) in [7, 11) is 0. The van der Waals surface area contributed by atoms with Crippen LogP contribution in [0, 0.1) is 5.41 Å². The largest absolute Gasteiger partial charge is 0.480 e. The number of anilines is 1. The molecule has 2 aromatic carbocycles. The molecule has 28 heavy (non-hydrogen) atoms. The molecule has 0 amide bonds. The maximum atomic E-state index is 12.9. The maximum absolute atomic E-state index is 12.9. The van der Waals surface area contributed by atoms with E-state index in [9.17, 15) is 19.5 Å². The van der Waals surface area contributed by atoms with Crippen molar-refractivity contribution < 1.29 is 19.5 Å². The first-order valence-corrected chi connectivity index (χ1v) is 8.26. The summed E-state index contributed by atoms with van der Waals surface area (Å²) in [6.45, 7) is 0. The van der Waals surface area contributed by atoms with Crippen molar-refractivity contribution in [2.45, 2.75) is 12.0 Å². The van der Waals surface area contributed by atoms with Gasteiger partial charge in [-0.1, -0.05) is 30.3 Å². The number of allylic oxidation sites excluding steroid dienone is 1. The minimum absolute atomic E-state index is 0.124. The van der Waals surface area contributed by atoms with Crippen molar-refractivity contribution in [2.75, 3.05) is 5.32 Å². The highest BCUT2D eigenvalue weighted by Gasteiger charge is 2.43. The fourth-order valence-corrected chi connectivity index (χ4v) is 2.54. The number of carboxylic acid groups (broad SMARTS) is 1. The Balaban J connectivity index is 2.33. The zero-order valence-corrected chi connectivity index (χ0v) is 14.9. The van der Waals surface area contributed by atoms with Gasteiger partial charge in [-0.05, 0) is 29.8 Å². The van der Waals surface area contributed by atoms with Crippen LogP contribution in [0.2, 0.25) is 0 Å². The Hall–Kier alpha value is -3.78. The summed E-state index contributed by atoms with van der Waals surface area (Å²) in [5.41, 5.74) is 10.3. The number of aliphatic carboxylic acids is 1. The van der Waals surface area contributed by atoms with E-state index in [4.69, 9.17) is 16.9 Å². The molecule has 0 aromatic heterocycles. The van der Waals surface area contributed by atoms with E-state index in [0.29, 0.717) is 23.1 Å². The highest BCUT2D eigenvalue weighted by molar-refractivity contribution is 6.17. The molecule has 0 radical (unpaired) electrons. The molecular weight excluding hydrogens is 360 g/mol. The first-order chi connectivity index (χ1) is 13.3. The van der Waals surface area contributed by atoms with Crippen LogP contribution in [0.15, 0.2) is 66.4 Å². The number of benzene rings is 2. The number of carbonyl (C=O) groups excluding carboxylic acids is 2. The van der Waals surface area contributed by atoms with Crippen molar-refractivity contribution >= 4 is 29.6 Å². The number of nitrogens with one attached hydrogen (secondary N) is 2.